The molecule has 0 radical (unpaired) electrons. The van der Waals surface area contributed by atoms with Crippen molar-refractivity contribution in [2.45, 2.75) is 0 Å². The summed E-state index contributed by atoms with van der Waals surface area (Å²) in [5.74, 6) is -0.983. The molecule has 0 unspecified atom stereocenters. The van der Waals surface area contributed by atoms with Gasteiger partial charge < -0.3 is 5.11 Å². The molecule has 4 nitrogen and oxygen atoms in total. The van der Waals surface area contributed by atoms with Gasteiger partial charge in [0, 0.05) is 35.1 Å². The van der Waals surface area contributed by atoms with Gasteiger partial charge in [0.2, 0.25) is 0 Å². The number of rotatable bonds is 2. The van der Waals surface area contributed by atoms with Crippen LogP contribution in [0.2, 0.25) is 0 Å². The third-order valence-corrected chi connectivity index (χ3v) is 2.91. The predicted molar refractivity (Wildman–Crippen MR) is 71.9 cm³/mol. The maximum absolute atomic E-state index is 10.9. The third-order valence-electron chi connectivity index (χ3n) is 2.91. The quantitative estimate of drug-likeness (QED) is 0.759. The summed E-state index contributed by atoms with van der Waals surface area (Å²) in [6.45, 7) is 0. The number of hydrogen-bond donors (Lipinski definition) is 1. The molecule has 1 aromatic carbocycles. The number of nitrogens with zero attached hydrogens (tertiary/aromatic N) is 2. The van der Waals surface area contributed by atoms with Gasteiger partial charge in [-0.15, -0.1) is 0 Å². The van der Waals surface area contributed by atoms with Crippen molar-refractivity contribution in [1.29, 1.82) is 0 Å². The van der Waals surface area contributed by atoms with Gasteiger partial charge in [0.1, 0.15) is 0 Å². The average Bonchev–Trinajstić information content (AvgIpc) is 2.47. The molecule has 3 aromatic rings. The van der Waals surface area contributed by atoms with Crippen LogP contribution in [0.5, 0.6) is 0 Å². The Kier molecular flexibility index (Phi) is 2.68. The van der Waals surface area contributed by atoms with Crippen molar-refractivity contribution in [2.75, 3.05) is 0 Å². The highest BCUT2D eigenvalue weighted by atomic mass is 16.4. The molecule has 92 valence electrons. The van der Waals surface area contributed by atoms with Gasteiger partial charge in [0.05, 0.1) is 11.1 Å². The highest BCUT2D eigenvalue weighted by molar-refractivity contribution is 5.89. The van der Waals surface area contributed by atoms with Gasteiger partial charge in [-0.25, -0.2) is 4.79 Å². The monoisotopic (exact) mass is 250 g/mol. The van der Waals surface area contributed by atoms with Gasteiger partial charge in [-0.1, -0.05) is 18.2 Å². The Morgan fingerprint density at radius 3 is 2.63 bits per heavy atom. The van der Waals surface area contributed by atoms with Crippen molar-refractivity contribution in [3.63, 3.8) is 0 Å². The van der Waals surface area contributed by atoms with Crippen molar-refractivity contribution in [3.8, 4) is 11.1 Å². The molecule has 0 amide bonds. The summed E-state index contributed by atoms with van der Waals surface area (Å²) in [5, 5.41) is 9.99. The largest absolute Gasteiger partial charge is 0.478 e. The van der Waals surface area contributed by atoms with Crippen LogP contribution in [0.25, 0.3) is 22.0 Å². The summed E-state index contributed by atoms with van der Waals surface area (Å²) in [6.07, 6.45) is 4.70. The Morgan fingerprint density at radius 2 is 1.79 bits per heavy atom. The molecule has 19 heavy (non-hydrogen) atoms. The lowest BCUT2D eigenvalue weighted by Gasteiger charge is -2.04. The summed E-state index contributed by atoms with van der Waals surface area (Å²) in [4.78, 5) is 19.3. The molecule has 4 heteroatoms. The maximum Gasteiger partial charge on any atom is 0.337 e. The molecule has 0 spiro atoms. The minimum Gasteiger partial charge on any atom is -0.478 e. The number of hydrogen-bond acceptors (Lipinski definition) is 3. The van der Waals surface area contributed by atoms with Crippen LogP contribution in [0.1, 0.15) is 10.4 Å². The van der Waals surface area contributed by atoms with Crippen LogP contribution in [-0.4, -0.2) is 21.0 Å². The van der Waals surface area contributed by atoms with E-state index >= 15 is 0 Å². The van der Waals surface area contributed by atoms with E-state index in [1.54, 1.807) is 18.5 Å². The van der Waals surface area contributed by atoms with E-state index in [0.29, 0.717) is 0 Å². The first-order valence-corrected chi connectivity index (χ1v) is 5.77. The van der Waals surface area contributed by atoms with Gasteiger partial charge in [-0.05, 0) is 18.2 Å². The van der Waals surface area contributed by atoms with E-state index in [1.165, 1.54) is 6.20 Å². The Labute approximate surface area is 109 Å². The fraction of sp³-hybridized carbons (Fsp3) is 0. The lowest BCUT2D eigenvalue weighted by molar-refractivity contribution is 0.0696. The van der Waals surface area contributed by atoms with Gasteiger partial charge in [0.15, 0.2) is 0 Å². The molecule has 0 bridgehead atoms. The molecule has 0 aliphatic rings. The smallest absolute Gasteiger partial charge is 0.337 e. The van der Waals surface area contributed by atoms with E-state index in [4.69, 9.17) is 5.11 Å². The predicted octanol–water partition coefficient (Wildman–Crippen LogP) is 3.00. The van der Waals surface area contributed by atoms with Gasteiger partial charge in [-0.3, -0.25) is 9.97 Å². The van der Waals surface area contributed by atoms with Crippen molar-refractivity contribution >= 4 is 16.9 Å². The molecule has 0 saturated heterocycles. The van der Waals surface area contributed by atoms with Crippen LogP contribution < -0.4 is 0 Å². The zero-order chi connectivity index (χ0) is 13.2. The number of benzene rings is 1. The first-order valence-electron chi connectivity index (χ1n) is 5.77. The SMILES string of the molecule is O=C(O)c1cncc(-c2cnc3ccccc3c2)c1. The zero-order valence-corrected chi connectivity index (χ0v) is 9.95. The Hall–Kier alpha value is -2.75. The second-order valence-corrected chi connectivity index (χ2v) is 4.18. The van der Waals surface area contributed by atoms with E-state index in [2.05, 4.69) is 9.97 Å². The molecule has 0 fully saturated rings. The summed E-state index contributed by atoms with van der Waals surface area (Å²) >= 11 is 0. The highest BCUT2D eigenvalue weighted by Gasteiger charge is 2.06. The Morgan fingerprint density at radius 1 is 1.00 bits per heavy atom. The maximum atomic E-state index is 10.9. The molecule has 0 atom stereocenters. The zero-order valence-electron chi connectivity index (χ0n) is 9.95. The number of carbonyl (C=O) groups is 1. The van der Waals surface area contributed by atoms with Crippen LogP contribution in [0.15, 0.2) is 55.0 Å². The highest BCUT2D eigenvalue weighted by Crippen LogP contribution is 2.22. The molecular formula is C15H10N2O2. The first kappa shape index (κ1) is 11.3. The van der Waals surface area contributed by atoms with E-state index in [0.717, 1.165) is 22.0 Å². The second-order valence-electron chi connectivity index (χ2n) is 4.18. The summed E-state index contributed by atoms with van der Waals surface area (Å²) in [7, 11) is 0. The number of carboxylic acid groups (broad SMARTS) is 1. The number of pyridine rings is 2. The van der Waals surface area contributed by atoms with Gasteiger partial charge in [-0.2, -0.15) is 0 Å². The Balaban J connectivity index is 2.13. The summed E-state index contributed by atoms with van der Waals surface area (Å²) in [5.41, 5.74) is 2.69. The number of para-hydroxylation sites is 1. The third kappa shape index (κ3) is 2.15. The van der Waals surface area contributed by atoms with Crippen molar-refractivity contribution < 1.29 is 9.90 Å². The van der Waals surface area contributed by atoms with Crippen LogP contribution in [0, 0.1) is 0 Å². The van der Waals surface area contributed by atoms with Crippen molar-refractivity contribution in [3.05, 3.63) is 60.6 Å². The van der Waals surface area contributed by atoms with E-state index in [9.17, 15) is 4.79 Å². The first-order chi connectivity index (χ1) is 9.24. The van der Waals surface area contributed by atoms with Crippen molar-refractivity contribution in [1.82, 2.24) is 9.97 Å². The minimum absolute atomic E-state index is 0.172. The molecule has 0 saturated carbocycles. The van der Waals surface area contributed by atoms with Crippen LogP contribution in [-0.2, 0) is 0 Å². The van der Waals surface area contributed by atoms with E-state index < -0.39 is 5.97 Å². The molecule has 0 aliphatic carbocycles. The molecule has 2 aromatic heterocycles. The Bertz CT molecular complexity index is 769. The lowest BCUT2D eigenvalue weighted by atomic mass is 10.1. The number of carboxylic acids is 1. The minimum atomic E-state index is -0.983. The average molecular weight is 250 g/mol. The molecule has 3 rings (SSSR count). The topological polar surface area (TPSA) is 63.1 Å². The molecule has 2 heterocycles. The number of aromatic carboxylic acids is 1. The van der Waals surface area contributed by atoms with Gasteiger partial charge >= 0.3 is 5.97 Å². The van der Waals surface area contributed by atoms with Crippen LogP contribution >= 0.6 is 0 Å². The number of fused-ring (bicyclic) bond motifs is 1. The number of aromatic nitrogens is 2. The normalized spacial score (nSPS) is 10.5. The van der Waals surface area contributed by atoms with Crippen molar-refractivity contribution in [2.24, 2.45) is 0 Å². The van der Waals surface area contributed by atoms with Crippen LogP contribution in [0.3, 0.4) is 0 Å². The molecule has 1 N–H and O–H groups in total. The fourth-order valence-corrected chi connectivity index (χ4v) is 1.94. The second kappa shape index (κ2) is 4.49. The van der Waals surface area contributed by atoms with Crippen LogP contribution in [0.4, 0.5) is 0 Å². The fourth-order valence-electron chi connectivity index (χ4n) is 1.94. The van der Waals surface area contributed by atoms with E-state index in [-0.39, 0.29) is 5.56 Å². The lowest BCUT2D eigenvalue weighted by Crippen LogP contribution is -1.97. The summed E-state index contributed by atoms with van der Waals surface area (Å²) < 4.78 is 0. The van der Waals surface area contributed by atoms with Gasteiger partial charge in [0.25, 0.3) is 0 Å². The van der Waals surface area contributed by atoms with E-state index in [1.807, 2.05) is 30.3 Å². The summed E-state index contributed by atoms with van der Waals surface area (Å²) in [6, 6.07) is 11.4. The molecular weight excluding hydrogens is 240 g/mol. The standard InChI is InChI=1S/C15H10N2O2/c18-15(19)13-6-11(7-16-8-13)12-5-10-3-1-2-4-14(10)17-9-12/h1-9H,(H,18,19). The molecule has 0 aliphatic heterocycles.